The van der Waals surface area contributed by atoms with Crippen LogP contribution in [-0.4, -0.2) is 20.8 Å². The van der Waals surface area contributed by atoms with E-state index in [9.17, 15) is 0 Å². The molecule has 96 valence electrons. The van der Waals surface area contributed by atoms with E-state index < -0.39 is 0 Å². The second kappa shape index (κ2) is 4.43. The van der Waals surface area contributed by atoms with Crippen molar-refractivity contribution >= 4 is 21.6 Å². The molecule has 1 N–H and O–H groups in total. The lowest BCUT2D eigenvalue weighted by Gasteiger charge is -1.97. The molecule has 2 aromatic heterocycles. The van der Waals surface area contributed by atoms with E-state index in [0.29, 0.717) is 0 Å². The number of nitrogens with zero attached hydrogens (tertiary/aromatic N) is 3. The minimum absolute atomic E-state index is 0.728. The molecule has 2 heterocycles. The van der Waals surface area contributed by atoms with Gasteiger partial charge in [-0.2, -0.15) is 5.10 Å². The molecule has 1 aliphatic rings. The maximum absolute atomic E-state index is 4.60. The summed E-state index contributed by atoms with van der Waals surface area (Å²) in [4.78, 5) is 4.60. The van der Waals surface area contributed by atoms with Crippen molar-refractivity contribution in [2.24, 2.45) is 0 Å². The molecule has 1 fully saturated rings. The standard InChI is InChI=1S/C14H14N4S/c1-2-4-13-12(3-1)17-14(19-13)18-9-10(8-16-18)7-15-11-5-6-11/h1-4,8-9,11,15H,5-7H2. The van der Waals surface area contributed by atoms with E-state index in [4.69, 9.17) is 0 Å². The topological polar surface area (TPSA) is 42.7 Å². The van der Waals surface area contributed by atoms with Crippen molar-refractivity contribution in [2.75, 3.05) is 0 Å². The van der Waals surface area contributed by atoms with Gasteiger partial charge in [0, 0.05) is 24.3 Å². The Balaban J connectivity index is 1.60. The van der Waals surface area contributed by atoms with E-state index in [1.54, 1.807) is 11.3 Å². The number of thiazole rings is 1. The van der Waals surface area contributed by atoms with E-state index in [1.807, 2.05) is 29.1 Å². The lowest BCUT2D eigenvalue weighted by atomic mass is 10.3. The van der Waals surface area contributed by atoms with Gasteiger partial charge in [0.15, 0.2) is 0 Å². The summed E-state index contributed by atoms with van der Waals surface area (Å²) in [6, 6.07) is 8.91. The van der Waals surface area contributed by atoms with Gasteiger partial charge < -0.3 is 5.32 Å². The largest absolute Gasteiger partial charge is 0.310 e. The molecule has 0 aliphatic heterocycles. The van der Waals surface area contributed by atoms with E-state index >= 15 is 0 Å². The molecule has 1 aromatic carbocycles. The Labute approximate surface area is 115 Å². The number of nitrogens with one attached hydrogen (secondary N) is 1. The van der Waals surface area contributed by atoms with Crippen molar-refractivity contribution in [1.29, 1.82) is 0 Å². The molecule has 0 bridgehead atoms. The highest BCUT2D eigenvalue weighted by atomic mass is 32.1. The van der Waals surface area contributed by atoms with Gasteiger partial charge >= 0.3 is 0 Å². The quantitative estimate of drug-likeness (QED) is 0.792. The van der Waals surface area contributed by atoms with E-state index in [2.05, 4.69) is 27.7 Å². The van der Waals surface area contributed by atoms with Gasteiger partial charge in [-0.3, -0.25) is 0 Å². The molecule has 3 aromatic rings. The van der Waals surface area contributed by atoms with Crippen molar-refractivity contribution in [2.45, 2.75) is 25.4 Å². The fourth-order valence-corrected chi connectivity index (χ4v) is 2.96. The summed E-state index contributed by atoms with van der Waals surface area (Å²) in [7, 11) is 0. The van der Waals surface area contributed by atoms with E-state index in [1.165, 1.54) is 23.1 Å². The van der Waals surface area contributed by atoms with Crippen molar-refractivity contribution in [1.82, 2.24) is 20.1 Å². The van der Waals surface area contributed by atoms with Gasteiger partial charge in [0.2, 0.25) is 5.13 Å². The Bertz CT molecular complexity index is 678. The van der Waals surface area contributed by atoms with Crippen LogP contribution in [0.5, 0.6) is 0 Å². The number of aromatic nitrogens is 3. The van der Waals surface area contributed by atoms with Gasteiger partial charge in [0.1, 0.15) is 0 Å². The molecule has 0 radical (unpaired) electrons. The Morgan fingerprint density at radius 1 is 1.32 bits per heavy atom. The van der Waals surface area contributed by atoms with E-state index in [-0.39, 0.29) is 0 Å². The Hall–Kier alpha value is -1.72. The molecule has 19 heavy (non-hydrogen) atoms. The van der Waals surface area contributed by atoms with Crippen LogP contribution < -0.4 is 5.32 Å². The molecule has 4 nitrogen and oxygen atoms in total. The van der Waals surface area contributed by atoms with Gasteiger partial charge in [-0.1, -0.05) is 23.5 Å². The molecule has 0 atom stereocenters. The molecular formula is C14H14N4S. The SMILES string of the molecule is c1ccc2sc(-n3cc(CNC4CC4)cn3)nc2c1. The fraction of sp³-hybridized carbons (Fsp3) is 0.286. The highest BCUT2D eigenvalue weighted by Gasteiger charge is 2.20. The molecular weight excluding hydrogens is 256 g/mol. The van der Waals surface area contributed by atoms with Gasteiger partial charge in [-0.25, -0.2) is 9.67 Å². The predicted molar refractivity (Wildman–Crippen MR) is 76.6 cm³/mol. The maximum atomic E-state index is 4.60. The van der Waals surface area contributed by atoms with Crippen molar-refractivity contribution in [3.8, 4) is 5.13 Å². The van der Waals surface area contributed by atoms with Gasteiger partial charge in [0.05, 0.1) is 16.4 Å². The lowest BCUT2D eigenvalue weighted by Crippen LogP contribution is -2.14. The third kappa shape index (κ3) is 2.27. The second-order valence-electron chi connectivity index (χ2n) is 4.91. The molecule has 1 saturated carbocycles. The number of fused-ring (bicyclic) bond motifs is 1. The molecule has 1 aliphatic carbocycles. The highest BCUT2D eigenvalue weighted by Crippen LogP contribution is 2.24. The molecule has 0 unspecified atom stereocenters. The first-order valence-corrected chi connectivity index (χ1v) is 7.33. The van der Waals surface area contributed by atoms with Crippen LogP contribution in [-0.2, 0) is 6.54 Å². The van der Waals surface area contributed by atoms with Crippen LogP contribution in [0.4, 0.5) is 0 Å². The monoisotopic (exact) mass is 270 g/mol. The zero-order valence-corrected chi connectivity index (χ0v) is 11.2. The zero-order chi connectivity index (χ0) is 12.7. The van der Waals surface area contributed by atoms with Crippen LogP contribution in [0.3, 0.4) is 0 Å². The average molecular weight is 270 g/mol. The van der Waals surface area contributed by atoms with Crippen LogP contribution in [0.25, 0.3) is 15.3 Å². The molecule has 5 heteroatoms. The number of benzene rings is 1. The number of hydrogen-bond acceptors (Lipinski definition) is 4. The van der Waals surface area contributed by atoms with Crippen molar-refractivity contribution in [3.63, 3.8) is 0 Å². The summed E-state index contributed by atoms with van der Waals surface area (Å²) >= 11 is 1.67. The summed E-state index contributed by atoms with van der Waals surface area (Å²) in [5, 5.41) is 8.83. The summed E-state index contributed by atoms with van der Waals surface area (Å²) in [6.07, 6.45) is 6.60. The third-order valence-corrected chi connectivity index (χ3v) is 4.31. The first-order valence-electron chi connectivity index (χ1n) is 6.51. The number of rotatable bonds is 4. The van der Waals surface area contributed by atoms with Gasteiger partial charge in [0.25, 0.3) is 0 Å². The molecule has 4 rings (SSSR count). The summed E-state index contributed by atoms with van der Waals surface area (Å²) in [5.74, 6) is 0. The minimum Gasteiger partial charge on any atom is -0.310 e. The predicted octanol–water partition coefficient (Wildman–Crippen LogP) is 2.73. The van der Waals surface area contributed by atoms with Crippen molar-refractivity contribution in [3.05, 3.63) is 42.2 Å². The Kier molecular flexibility index (Phi) is 2.60. The summed E-state index contributed by atoms with van der Waals surface area (Å²) in [6.45, 7) is 0.898. The normalized spacial score (nSPS) is 15.2. The lowest BCUT2D eigenvalue weighted by molar-refractivity contribution is 0.687. The Morgan fingerprint density at radius 3 is 3.05 bits per heavy atom. The maximum Gasteiger partial charge on any atom is 0.211 e. The van der Waals surface area contributed by atoms with E-state index in [0.717, 1.165) is 23.2 Å². The highest BCUT2D eigenvalue weighted by molar-refractivity contribution is 7.20. The number of para-hydroxylation sites is 1. The fourth-order valence-electron chi connectivity index (χ4n) is 2.06. The second-order valence-corrected chi connectivity index (χ2v) is 5.92. The third-order valence-electron chi connectivity index (χ3n) is 3.29. The van der Waals surface area contributed by atoms with Gasteiger partial charge in [-0.05, 0) is 25.0 Å². The smallest absolute Gasteiger partial charge is 0.211 e. The average Bonchev–Trinajstić information content (AvgIpc) is 2.99. The van der Waals surface area contributed by atoms with Crippen LogP contribution in [0.2, 0.25) is 0 Å². The van der Waals surface area contributed by atoms with Crippen molar-refractivity contribution < 1.29 is 0 Å². The van der Waals surface area contributed by atoms with Crippen LogP contribution >= 0.6 is 11.3 Å². The van der Waals surface area contributed by atoms with Crippen LogP contribution in [0.15, 0.2) is 36.7 Å². The molecule has 0 saturated heterocycles. The first-order chi connectivity index (χ1) is 9.38. The zero-order valence-electron chi connectivity index (χ0n) is 10.4. The summed E-state index contributed by atoms with van der Waals surface area (Å²) in [5.41, 5.74) is 2.25. The minimum atomic E-state index is 0.728. The Morgan fingerprint density at radius 2 is 2.21 bits per heavy atom. The summed E-state index contributed by atoms with van der Waals surface area (Å²) < 4.78 is 3.07. The van der Waals surface area contributed by atoms with Crippen LogP contribution in [0.1, 0.15) is 18.4 Å². The first kappa shape index (κ1) is 11.1. The number of hydrogen-bond donors (Lipinski definition) is 1. The van der Waals surface area contributed by atoms with Gasteiger partial charge in [-0.15, -0.1) is 0 Å². The molecule has 0 spiro atoms. The van der Waals surface area contributed by atoms with Crippen LogP contribution in [0, 0.1) is 0 Å². The molecule has 0 amide bonds.